The van der Waals surface area contributed by atoms with Gasteiger partial charge in [0.1, 0.15) is 5.75 Å². The summed E-state index contributed by atoms with van der Waals surface area (Å²) in [7, 11) is 1.60. The molecule has 0 unspecified atom stereocenters. The van der Waals surface area contributed by atoms with Crippen LogP contribution in [-0.2, 0) is 22.7 Å². The summed E-state index contributed by atoms with van der Waals surface area (Å²) in [4.78, 5) is 29.5. The van der Waals surface area contributed by atoms with Gasteiger partial charge in [0.25, 0.3) is 0 Å². The fourth-order valence-corrected chi connectivity index (χ4v) is 2.42. The molecule has 1 N–H and O–H groups in total. The molecule has 2 amide bonds. The number of methoxy groups -OCH3 is 1. The van der Waals surface area contributed by atoms with E-state index in [1.165, 1.54) is 6.92 Å². The van der Waals surface area contributed by atoms with Crippen molar-refractivity contribution < 1.29 is 14.3 Å². The van der Waals surface area contributed by atoms with Gasteiger partial charge in [0, 0.05) is 50.9 Å². The maximum absolute atomic E-state index is 12.1. The first-order valence-corrected chi connectivity index (χ1v) is 8.13. The first-order valence-electron chi connectivity index (χ1n) is 8.13. The van der Waals surface area contributed by atoms with E-state index in [1.807, 2.05) is 36.4 Å². The highest BCUT2D eigenvalue weighted by atomic mass is 16.5. The number of hydrogen-bond acceptors (Lipinski definition) is 4. The number of ether oxygens (including phenoxy) is 1. The van der Waals surface area contributed by atoms with Crippen molar-refractivity contribution in [2.24, 2.45) is 0 Å². The second-order valence-corrected chi connectivity index (χ2v) is 5.63. The van der Waals surface area contributed by atoms with E-state index in [0.29, 0.717) is 19.6 Å². The molecule has 0 radical (unpaired) electrons. The number of carbonyl (C=O) groups excluding carboxylic acids is 2. The highest BCUT2D eigenvalue weighted by Gasteiger charge is 2.12. The van der Waals surface area contributed by atoms with Crippen molar-refractivity contribution in [3.8, 4) is 5.75 Å². The summed E-state index contributed by atoms with van der Waals surface area (Å²) in [6, 6.07) is 11.3. The fraction of sp³-hybridized carbons (Fsp3) is 0.316. The molecule has 25 heavy (non-hydrogen) atoms. The van der Waals surface area contributed by atoms with E-state index < -0.39 is 0 Å². The Morgan fingerprint density at radius 2 is 1.88 bits per heavy atom. The van der Waals surface area contributed by atoms with Gasteiger partial charge in [-0.05, 0) is 23.8 Å². The molecule has 0 saturated heterocycles. The molecule has 2 aromatic rings. The second kappa shape index (κ2) is 9.42. The lowest BCUT2D eigenvalue weighted by Gasteiger charge is -2.21. The van der Waals surface area contributed by atoms with Gasteiger partial charge in [-0.25, -0.2) is 0 Å². The van der Waals surface area contributed by atoms with Crippen molar-refractivity contribution in [1.29, 1.82) is 0 Å². The van der Waals surface area contributed by atoms with Crippen LogP contribution in [0.25, 0.3) is 0 Å². The predicted octanol–water partition coefficient (Wildman–Crippen LogP) is 2.15. The monoisotopic (exact) mass is 341 g/mol. The third-order valence-corrected chi connectivity index (χ3v) is 3.85. The van der Waals surface area contributed by atoms with Crippen LogP contribution in [0.5, 0.6) is 5.75 Å². The maximum atomic E-state index is 12.1. The Bertz CT molecular complexity index is 704. The number of hydrogen-bond donors (Lipinski definition) is 1. The quantitative estimate of drug-likeness (QED) is 0.798. The predicted molar refractivity (Wildman–Crippen MR) is 94.8 cm³/mol. The lowest BCUT2D eigenvalue weighted by Crippen LogP contribution is -2.33. The Labute approximate surface area is 147 Å². The Kier molecular flexibility index (Phi) is 6.95. The number of carbonyl (C=O) groups is 2. The van der Waals surface area contributed by atoms with Crippen LogP contribution in [0.2, 0.25) is 0 Å². The first-order chi connectivity index (χ1) is 12.1. The molecule has 0 atom stereocenters. The largest absolute Gasteiger partial charge is 0.496 e. The highest BCUT2D eigenvalue weighted by Crippen LogP contribution is 2.16. The zero-order chi connectivity index (χ0) is 18.1. The summed E-state index contributed by atoms with van der Waals surface area (Å²) in [6.07, 6.45) is 3.63. The van der Waals surface area contributed by atoms with Crippen molar-refractivity contribution in [2.75, 3.05) is 13.7 Å². The number of benzene rings is 1. The zero-order valence-corrected chi connectivity index (χ0v) is 14.6. The van der Waals surface area contributed by atoms with Crippen LogP contribution in [0.3, 0.4) is 0 Å². The molecule has 1 aromatic carbocycles. The molecule has 0 bridgehead atoms. The third-order valence-electron chi connectivity index (χ3n) is 3.85. The summed E-state index contributed by atoms with van der Waals surface area (Å²) >= 11 is 0. The van der Waals surface area contributed by atoms with E-state index in [4.69, 9.17) is 4.74 Å². The van der Waals surface area contributed by atoms with E-state index in [9.17, 15) is 9.59 Å². The van der Waals surface area contributed by atoms with Gasteiger partial charge in [0.05, 0.1) is 7.11 Å². The normalized spacial score (nSPS) is 10.2. The van der Waals surface area contributed by atoms with E-state index in [2.05, 4.69) is 10.3 Å². The maximum Gasteiger partial charge on any atom is 0.222 e. The number of amides is 2. The summed E-state index contributed by atoms with van der Waals surface area (Å²) in [5.74, 6) is 0.576. The van der Waals surface area contributed by atoms with Crippen LogP contribution in [0.1, 0.15) is 24.5 Å². The number of pyridine rings is 1. The number of nitrogens with one attached hydrogen (secondary N) is 1. The van der Waals surface area contributed by atoms with Crippen molar-refractivity contribution in [2.45, 2.75) is 26.4 Å². The van der Waals surface area contributed by atoms with E-state index in [1.54, 1.807) is 24.4 Å². The van der Waals surface area contributed by atoms with Crippen molar-refractivity contribution in [3.63, 3.8) is 0 Å². The second-order valence-electron chi connectivity index (χ2n) is 5.63. The average Bonchev–Trinajstić information content (AvgIpc) is 2.64. The Morgan fingerprint density at radius 3 is 2.56 bits per heavy atom. The summed E-state index contributed by atoms with van der Waals surface area (Å²) < 4.78 is 5.26. The first kappa shape index (κ1) is 18.4. The Morgan fingerprint density at radius 1 is 1.16 bits per heavy atom. The summed E-state index contributed by atoms with van der Waals surface area (Å²) in [5.41, 5.74) is 1.90. The van der Waals surface area contributed by atoms with Crippen LogP contribution in [0.15, 0.2) is 48.8 Å². The number of aromatic nitrogens is 1. The molecule has 0 saturated carbocycles. The van der Waals surface area contributed by atoms with Crippen molar-refractivity contribution in [1.82, 2.24) is 15.2 Å². The van der Waals surface area contributed by atoms with Gasteiger partial charge in [0.15, 0.2) is 0 Å². The summed E-state index contributed by atoms with van der Waals surface area (Å²) in [5, 5.41) is 2.86. The molecular weight excluding hydrogens is 318 g/mol. The zero-order valence-electron chi connectivity index (χ0n) is 14.6. The lowest BCUT2D eigenvalue weighted by atomic mass is 10.2. The van der Waals surface area contributed by atoms with Gasteiger partial charge in [-0.15, -0.1) is 0 Å². The molecular formula is C19H23N3O3. The van der Waals surface area contributed by atoms with Crippen LogP contribution >= 0.6 is 0 Å². The van der Waals surface area contributed by atoms with Crippen LogP contribution in [0.4, 0.5) is 0 Å². The Balaban J connectivity index is 1.83. The fourth-order valence-electron chi connectivity index (χ4n) is 2.42. The molecule has 1 aromatic heterocycles. The van der Waals surface area contributed by atoms with Crippen molar-refractivity contribution >= 4 is 11.8 Å². The molecule has 2 rings (SSSR count). The molecule has 6 nitrogen and oxygen atoms in total. The molecule has 1 heterocycles. The van der Waals surface area contributed by atoms with E-state index >= 15 is 0 Å². The SMILES string of the molecule is COc1ccccc1CNC(=O)CCN(Cc1ccncc1)C(C)=O. The average molecular weight is 341 g/mol. The minimum atomic E-state index is -0.105. The van der Waals surface area contributed by atoms with Crippen LogP contribution in [0, 0.1) is 0 Å². The summed E-state index contributed by atoms with van der Waals surface area (Å²) in [6.45, 7) is 2.74. The lowest BCUT2D eigenvalue weighted by molar-refractivity contribution is -0.130. The van der Waals surface area contributed by atoms with Crippen molar-refractivity contribution in [3.05, 3.63) is 59.9 Å². The van der Waals surface area contributed by atoms with Gasteiger partial charge < -0.3 is 15.0 Å². The standard InChI is InChI=1S/C19H23N3O3/c1-15(23)22(14-16-7-10-20-11-8-16)12-9-19(24)21-13-17-5-3-4-6-18(17)25-2/h3-8,10-11H,9,12-14H2,1-2H3,(H,21,24). The minimum absolute atomic E-state index is 0.0608. The van der Waals surface area contributed by atoms with Crippen LogP contribution in [-0.4, -0.2) is 35.4 Å². The van der Waals surface area contributed by atoms with Gasteiger partial charge in [-0.3, -0.25) is 14.6 Å². The molecule has 0 aliphatic heterocycles. The minimum Gasteiger partial charge on any atom is -0.496 e. The molecule has 0 fully saturated rings. The smallest absolute Gasteiger partial charge is 0.222 e. The molecule has 0 aliphatic rings. The van der Waals surface area contributed by atoms with E-state index in [-0.39, 0.29) is 18.2 Å². The van der Waals surface area contributed by atoms with E-state index in [0.717, 1.165) is 16.9 Å². The molecule has 0 spiro atoms. The Hall–Kier alpha value is -2.89. The highest BCUT2D eigenvalue weighted by molar-refractivity contribution is 5.78. The topological polar surface area (TPSA) is 71.5 Å². The molecule has 0 aliphatic carbocycles. The third kappa shape index (κ3) is 5.91. The molecule has 6 heteroatoms. The number of rotatable bonds is 8. The van der Waals surface area contributed by atoms with Gasteiger partial charge in [0.2, 0.25) is 11.8 Å². The molecule has 132 valence electrons. The van der Waals surface area contributed by atoms with Gasteiger partial charge in [-0.2, -0.15) is 0 Å². The van der Waals surface area contributed by atoms with Gasteiger partial charge in [-0.1, -0.05) is 18.2 Å². The van der Waals surface area contributed by atoms with Crippen LogP contribution < -0.4 is 10.1 Å². The number of nitrogens with zero attached hydrogens (tertiary/aromatic N) is 2. The number of para-hydroxylation sites is 1. The van der Waals surface area contributed by atoms with Gasteiger partial charge >= 0.3 is 0 Å².